The number of nitrogens with one attached hydrogen (secondary N) is 1. The Labute approximate surface area is 107 Å². The maximum absolute atomic E-state index is 5.31. The first-order valence-electron chi connectivity index (χ1n) is 7.22. The molecule has 1 aliphatic carbocycles. The Bertz CT molecular complexity index is 183. The third-order valence-corrected chi connectivity index (χ3v) is 3.81. The van der Waals surface area contributed by atoms with Crippen molar-refractivity contribution in [1.82, 2.24) is 10.2 Å². The summed E-state index contributed by atoms with van der Waals surface area (Å²) in [5.41, 5.74) is 0. The third kappa shape index (κ3) is 6.39. The summed E-state index contributed by atoms with van der Waals surface area (Å²) in [5.74, 6) is 0.973. The van der Waals surface area contributed by atoms with Crippen LogP contribution in [0.1, 0.15) is 39.5 Å². The van der Waals surface area contributed by atoms with Crippen molar-refractivity contribution < 1.29 is 4.74 Å². The Hall–Kier alpha value is -0.120. The summed E-state index contributed by atoms with van der Waals surface area (Å²) in [5, 5.41) is 3.51. The zero-order valence-electron chi connectivity index (χ0n) is 11.9. The van der Waals surface area contributed by atoms with Crippen molar-refractivity contribution in [2.75, 3.05) is 39.9 Å². The van der Waals surface area contributed by atoms with Crippen LogP contribution in [0.5, 0.6) is 0 Å². The fourth-order valence-electron chi connectivity index (χ4n) is 2.17. The molecule has 1 fully saturated rings. The first kappa shape index (κ1) is 14.9. The fraction of sp³-hybridized carbons (Fsp3) is 1.00. The Morgan fingerprint density at radius 1 is 1.41 bits per heavy atom. The van der Waals surface area contributed by atoms with Crippen molar-refractivity contribution >= 4 is 0 Å². The highest BCUT2D eigenvalue weighted by atomic mass is 16.5. The highest BCUT2D eigenvalue weighted by Gasteiger charge is 2.20. The van der Waals surface area contributed by atoms with E-state index >= 15 is 0 Å². The number of hydrogen-bond donors (Lipinski definition) is 1. The maximum atomic E-state index is 5.31. The molecule has 0 aromatic rings. The molecule has 1 unspecified atom stereocenters. The predicted octanol–water partition coefficient (Wildman–Crippen LogP) is 2.12. The maximum Gasteiger partial charge on any atom is 0.0477 e. The third-order valence-electron chi connectivity index (χ3n) is 3.81. The van der Waals surface area contributed by atoms with E-state index in [4.69, 9.17) is 4.74 Å². The molecule has 0 bridgehead atoms. The zero-order chi connectivity index (χ0) is 12.5. The molecule has 0 spiro atoms. The molecule has 0 aromatic carbocycles. The molecule has 17 heavy (non-hydrogen) atoms. The van der Waals surface area contributed by atoms with Gasteiger partial charge in [-0.1, -0.05) is 6.42 Å². The Morgan fingerprint density at radius 2 is 2.18 bits per heavy atom. The van der Waals surface area contributed by atoms with E-state index in [9.17, 15) is 0 Å². The van der Waals surface area contributed by atoms with Gasteiger partial charge in [0.1, 0.15) is 0 Å². The molecular formula is C14H30N2O. The average Bonchev–Trinajstić information content (AvgIpc) is 2.27. The van der Waals surface area contributed by atoms with Crippen molar-refractivity contribution in [2.45, 2.75) is 45.6 Å². The fourth-order valence-corrected chi connectivity index (χ4v) is 2.17. The summed E-state index contributed by atoms with van der Waals surface area (Å²) in [6.45, 7) is 9.52. The normalized spacial score (nSPS) is 18.4. The lowest BCUT2D eigenvalue weighted by Gasteiger charge is -2.33. The number of ether oxygens (including phenoxy) is 1. The average molecular weight is 242 g/mol. The lowest BCUT2D eigenvalue weighted by Crippen LogP contribution is -2.41. The zero-order valence-corrected chi connectivity index (χ0v) is 11.9. The molecule has 3 heteroatoms. The Morgan fingerprint density at radius 3 is 2.76 bits per heavy atom. The molecular weight excluding hydrogens is 212 g/mol. The van der Waals surface area contributed by atoms with Gasteiger partial charge in [-0.2, -0.15) is 0 Å². The smallest absolute Gasteiger partial charge is 0.0477 e. The van der Waals surface area contributed by atoms with Gasteiger partial charge >= 0.3 is 0 Å². The van der Waals surface area contributed by atoms with E-state index in [1.165, 1.54) is 25.8 Å². The van der Waals surface area contributed by atoms with Crippen LogP contribution in [0.4, 0.5) is 0 Å². The number of hydrogen-bond acceptors (Lipinski definition) is 3. The summed E-state index contributed by atoms with van der Waals surface area (Å²) in [7, 11) is 2.25. The minimum absolute atomic E-state index is 0.641. The van der Waals surface area contributed by atoms with Crippen LogP contribution in [0.3, 0.4) is 0 Å². The van der Waals surface area contributed by atoms with E-state index < -0.39 is 0 Å². The molecule has 0 heterocycles. The van der Waals surface area contributed by atoms with Crippen LogP contribution in [0.2, 0.25) is 0 Å². The highest BCUT2D eigenvalue weighted by molar-refractivity contribution is 4.75. The van der Waals surface area contributed by atoms with Gasteiger partial charge in [0.15, 0.2) is 0 Å². The van der Waals surface area contributed by atoms with Crippen molar-refractivity contribution in [1.29, 1.82) is 0 Å². The second-order valence-corrected chi connectivity index (χ2v) is 5.34. The van der Waals surface area contributed by atoms with Gasteiger partial charge < -0.3 is 15.0 Å². The van der Waals surface area contributed by atoms with Gasteiger partial charge in [0.2, 0.25) is 0 Å². The first-order chi connectivity index (χ1) is 8.24. The molecule has 0 aromatic heterocycles. The summed E-state index contributed by atoms with van der Waals surface area (Å²) in [6.07, 6.45) is 5.45. The standard InChI is InChI=1S/C14H30N2O/c1-4-17-10-6-9-15-11-13(2)16(3)12-14-7-5-8-14/h13-15H,4-12H2,1-3H3. The van der Waals surface area contributed by atoms with Gasteiger partial charge in [0.25, 0.3) is 0 Å². The second-order valence-electron chi connectivity index (χ2n) is 5.34. The first-order valence-corrected chi connectivity index (χ1v) is 7.22. The molecule has 3 nitrogen and oxygen atoms in total. The molecule has 0 radical (unpaired) electrons. The van der Waals surface area contributed by atoms with Gasteiger partial charge in [-0.3, -0.25) is 0 Å². The Balaban J connectivity index is 1.93. The van der Waals surface area contributed by atoms with E-state index in [0.717, 1.165) is 38.6 Å². The summed E-state index contributed by atoms with van der Waals surface area (Å²) in [4.78, 5) is 2.50. The monoisotopic (exact) mass is 242 g/mol. The van der Waals surface area contributed by atoms with E-state index in [1.807, 2.05) is 6.92 Å². The van der Waals surface area contributed by atoms with Gasteiger partial charge in [0.05, 0.1) is 0 Å². The van der Waals surface area contributed by atoms with Crippen LogP contribution in [0.25, 0.3) is 0 Å². The van der Waals surface area contributed by atoms with Crippen LogP contribution >= 0.6 is 0 Å². The molecule has 1 saturated carbocycles. The molecule has 0 aliphatic heterocycles. The van der Waals surface area contributed by atoms with Crippen LogP contribution in [-0.4, -0.2) is 50.8 Å². The van der Waals surface area contributed by atoms with E-state index in [0.29, 0.717) is 6.04 Å². The van der Waals surface area contributed by atoms with E-state index in [2.05, 4.69) is 24.2 Å². The molecule has 1 rings (SSSR count). The van der Waals surface area contributed by atoms with E-state index in [-0.39, 0.29) is 0 Å². The predicted molar refractivity (Wildman–Crippen MR) is 73.4 cm³/mol. The molecule has 0 saturated heterocycles. The molecule has 102 valence electrons. The molecule has 1 aliphatic rings. The van der Waals surface area contributed by atoms with Crippen molar-refractivity contribution in [3.63, 3.8) is 0 Å². The summed E-state index contributed by atoms with van der Waals surface area (Å²) >= 11 is 0. The number of rotatable bonds is 10. The van der Waals surface area contributed by atoms with Crippen LogP contribution in [-0.2, 0) is 4.74 Å². The van der Waals surface area contributed by atoms with Crippen molar-refractivity contribution in [3.05, 3.63) is 0 Å². The molecule has 1 N–H and O–H groups in total. The van der Waals surface area contributed by atoms with Crippen molar-refractivity contribution in [2.24, 2.45) is 5.92 Å². The lowest BCUT2D eigenvalue weighted by atomic mass is 9.85. The SMILES string of the molecule is CCOCCCNCC(C)N(C)CC1CCC1. The number of likely N-dealkylation sites (N-methyl/N-ethyl adjacent to an activating group) is 1. The number of nitrogens with zero attached hydrogens (tertiary/aromatic N) is 1. The van der Waals surface area contributed by atoms with Crippen LogP contribution in [0.15, 0.2) is 0 Å². The molecule has 1 atom stereocenters. The second kappa shape index (κ2) is 8.90. The minimum atomic E-state index is 0.641. The largest absolute Gasteiger partial charge is 0.382 e. The minimum Gasteiger partial charge on any atom is -0.382 e. The van der Waals surface area contributed by atoms with Gasteiger partial charge in [0, 0.05) is 32.3 Å². The van der Waals surface area contributed by atoms with Gasteiger partial charge in [-0.25, -0.2) is 0 Å². The quantitative estimate of drug-likeness (QED) is 0.594. The molecule has 0 amide bonds. The Kier molecular flexibility index (Phi) is 7.82. The van der Waals surface area contributed by atoms with Gasteiger partial charge in [-0.15, -0.1) is 0 Å². The highest BCUT2D eigenvalue weighted by Crippen LogP contribution is 2.27. The van der Waals surface area contributed by atoms with Gasteiger partial charge in [-0.05, 0) is 52.6 Å². The summed E-state index contributed by atoms with van der Waals surface area (Å²) < 4.78 is 5.31. The topological polar surface area (TPSA) is 24.5 Å². The summed E-state index contributed by atoms with van der Waals surface area (Å²) in [6, 6.07) is 0.641. The van der Waals surface area contributed by atoms with Crippen LogP contribution < -0.4 is 5.32 Å². The van der Waals surface area contributed by atoms with Crippen molar-refractivity contribution in [3.8, 4) is 0 Å². The van der Waals surface area contributed by atoms with E-state index in [1.54, 1.807) is 0 Å². The lowest BCUT2D eigenvalue weighted by molar-refractivity contribution is 0.142. The van der Waals surface area contributed by atoms with Crippen LogP contribution in [0, 0.1) is 5.92 Å².